The van der Waals surface area contributed by atoms with Crippen molar-refractivity contribution in [3.63, 3.8) is 0 Å². The van der Waals surface area contributed by atoms with E-state index in [4.69, 9.17) is 9.47 Å². The molecule has 2 aliphatic rings. The highest BCUT2D eigenvalue weighted by atomic mass is 16.5. The smallest absolute Gasteiger partial charge is 0.257 e. The SMILES string of the molecule is COc1ccc(OC)c(C(=O)N2CCC(C(=O)N3CCCCCC3)CC2)c1. The summed E-state index contributed by atoms with van der Waals surface area (Å²) in [5, 5.41) is 0. The van der Waals surface area contributed by atoms with Crippen LogP contribution in [0.5, 0.6) is 11.5 Å². The average Bonchev–Trinajstić information content (AvgIpc) is 3.02. The van der Waals surface area contributed by atoms with Crippen molar-refractivity contribution in [3.05, 3.63) is 23.8 Å². The maximum absolute atomic E-state index is 13.0. The highest BCUT2D eigenvalue weighted by molar-refractivity contribution is 5.97. The minimum Gasteiger partial charge on any atom is -0.497 e. The molecule has 2 saturated heterocycles. The van der Waals surface area contributed by atoms with Crippen LogP contribution in [-0.4, -0.2) is 62.0 Å². The molecule has 0 spiro atoms. The summed E-state index contributed by atoms with van der Waals surface area (Å²) in [5.74, 6) is 1.43. The van der Waals surface area contributed by atoms with Crippen molar-refractivity contribution >= 4 is 11.8 Å². The van der Waals surface area contributed by atoms with E-state index < -0.39 is 0 Å². The zero-order valence-corrected chi connectivity index (χ0v) is 16.4. The van der Waals surface area contributed by atoms with Gasteiger partial charge < -0.3 is 19.3 Å². The van der Waals surface area contributed by atoms with E-state index in [2.05, 4.69) is 0 Å². The normalized spacial score (nSPS) is 18.7. The van der Waals surface area contributed by atoms with E-state index in [1.165, 1.54) is 12.8 Å². The van der Waals surface area contributed by atoms with Crippen molar-refractivity contribution in [3.8, 4) is 11.5 Å². The van der Waals surface area contributed by atoms with Crippen molar-refractivity contribution in [2.75, 3.05) is 40.4 Å². The lowest BCUT2D eigenvalue weighted by atomic mass is 9.94. The van der Waals surface area contributed by atoms with Gasteiger partial charge in [0, 0.05) is 32.1 Å². The van der Waals surface area contributed by atoms with Crippen LogP contribution in [0.25, 0.3) is 0 Å². The van der Waals surface area contributed by atoms with Crippen LogP contribution in [-0.2, 0) is 4.79 Å². The number of carbonyl (C=O) groups is 2. The Bertz CT molecular complexity index is 660. The number of amides is 2. The van der Waals surface area contributed by atoms with Crippen molar-refractivity contribution in [2.45, 2.75) is 38.5 Å². The third-order valence-electron chi connectivity index (χ3n) is 5.69. The molecular weight excluding hydrogens is 344 g/mol. The Morgan fingerprint density at radius 1 is 0.889 bits per heavy atom. The zero-order chi connectivity index (χ0) is 19.2. The second-order valence-corrected chi connectivity index (χ2v) is 7.37. The van der Waals surface area contributed by atoms with Crippen molar-refractivity contribution < 1.29 is 19.1 Å². The first-order valence-electron chi connectivity index (χ1n) is 9.94. The number of ether oxygens (including phenoxy) is 2. The molecule has 2 amide bonds. The monoisotopic (exact) mass is 374 g/mol. The van der Waals surface area contributed by atoms with Crippen LogP contribution < -0.4 is 9.47 Å². The van der Waals surface area contributed by atoms with Crippen LogP contribution in [0.2, 0.25) is 0 Å². The van der Waals surface area contributed by atoms with Crippen LogP contribution in [0.4, 0.5) is 0 Å². The minimum absolute atomic E-state index is 0.0411. The first kappa shape index (κ1) is 19.5. The summed E-state index contributed by atoms with van der Waals surface area (Å²) >= 11 is 0. The summed E-state index contributed by atoms with van der Waals surface area (Å²) in [6.07, 6.45) is 6.12. The van der Waals surface area contributed by atoms with Gasteiger partial charge in [0.05, 0.1) is 19.8 Å². The van der Waals surface area contributed by atoms with E-state index >= 15 is 0 Å². The predicted octanol–water partition coefficient (Wildman–Crippen LogP) is 2.96. The lowest BCUT2D eigenvalue weighted by Gasteiger charge is -2.34. The Balaban J connectivity index is 1.61. The van der Waals surface area contributed by atoms with Gasteiger partial charge in [-0.25, -0.2) is 0 Å². The highest BCUT2D eigenvalue weighted by Crippen LogP contribution is 2.28. The summed E-state index contributed by atoms with van der Waals surface area (Å²) in [6, 6.07) is 5.25. The molecule has 2 aliphatic heterocycles. The molecule has 0 unspecified atom stereocenters. The number of carbonyl (C=O) groups excluding carboxylic acids is 2. The van der Waals surface area contributed by atoms with Gasteiger partial charge >= 0.3 is 0 Å². The first-order chi connectivity index (χ1) is 13.1. The van der Waals surface area contributed by atoms with Gasteiger partial charge in [0.15, 0.2) is 0 Å². The second-order valence-electron chi connectivity index (χ2n) is 7.37. The number of benzene rings is 1. The standard InChI is InChI=1S/C21H30N2O4/c1-26-17-7-8-19(27-2)18(15-17)21(25)23-13-9-16(10-14-23)20(24)22-11-5-3-4-6-12-22/h7-8,15-16H,3-6,9-14H2,1-2H3. The number of methoxy groups -OCH3 is 2. The fourth-order valence-electron chi connectivity index (χ4n) is 4.03. The molecule has 0 aliphatic carbocycles. The Kier molecular flexibility index (Phi) is 6.58. The van der Waals surface area contributed by atoms with Crippen LogP contribution in [0.3, 0.4) is 0 Å². The number of rotatable bonds is 4. The highest BCUT2D eigenvalue weighted by Gasteiger charge is 2.31. The molecule has 6 nitrogen and oxygen atoms in total. The molecule has 0 bridgehead atoms. The molecule has 0 aromatic heterocycles. The Morgan fingerprint density at radius 2 is 1.56 bits per heavy atom. The zero-order valence-electron chi connectivity index (χ0n) is 16.4. The van der Waals surface area contributed by atoms with E-state index in [1.807, 2.05) is 9.80 Å². The molecule has 1 aromatic carbocycles. The minimum atomic E-state index is -0.0635. The van der Waals surface area contributed by atoms with Gasteiger partial charge in [0.1, 0.15) is 11.5 Å². The Hall–Kier alpha value is -2.24. The Labute approximate surface area is 161 Å². The van der Waals surface area contributed by atoms with Crippen LogP contribution >= 0.6 is 0 Å². The summed E-state index contributed by atoms with van der Waals surface area (Å²) in [7, 11) is 3.14. The number of hydrogen-bond acceptors (Lipinski definition) is 4. The van der Waals surface area contributed by atoms with E-state index in [1.54, 1.807) is 32.4 Å². The first-order valence-corrected chi connectivity index (χ1v) is 9.94. The maximum atomic E-state index is 13.0. The summed E-state index contributed by atoms with van der Waals surface area (Å²) in [4.78, 5) is 29.7. The van der Waals surface area contributed by atoms with Gasteiger partial charge in [0.2, 0.25) is 5.91 Å². The molecule has 0 atom stereocenters. The van der Waals surface area contributed by atoms with Crippen molar-refractivity contribution in [1.29, 1.82) is 0 Å². The molecule has 6 heteroatoms. The lowest BCUT2D eigenvalue weighted by Crippen LogP contribution is -2.44. The van der Waals surface area contributed by atoms with Gasteiger partial charge in [-0.1, -0.05) is 12.8 Å². The van der Waals surface area contributed by atoms with E-state index in [0.29, 0.717) is 30.2 Å². The van der Waals surface area contributed by atoms with Crippen molar-refractivity contribution in [2.24, 2.45) is 5.92 Å². The summed E-state index contributed by atoms with van der Waals surface area (Å²) < 4.78 is 10.6. The summed E-state index contributed by atoms with van der Waals surface area (Å²) in [5.41, 5.74) is 0.508. The van der Waals surface area contributed by atoms with Crippen molar-refractivity contribution in [1.82, 2.24) is 9.80 Å². The predicted molar refractivity (Wildman–Crippen MR) is 103 cm³/mol. The van der Waals surface area contributed by atoms with Crippen LogP contribution in [0.15, 0.2) is 18.2 Å². The molecule has 2 fully saturated rings. The quantitative estimate of drug-likeness (QED) is 0.813. The molecular formula is C21H30N2O4. The van der Waals surface area contributed by atoms with E-state index in [0.717, 1.165) is 38.8 Å². The number of hydrogen-bond donors (Lipinski definition) is 0. The lowest BCUT2D eigenvalue weighted by molar-refractivity contribution is -0.136. The van der Waals surface area contributed by atoms with Gasteiger partial charge in [-0.3, -0.25) is 9.59 Å². The number of piperidine rings is 1. The molecule has 1 aromatic rings. The second kappa shape index (κ2) is 9.11. The molecule has 3 rings (SSSR count). The summed E-state index contributed by atoms with van der Waals surface area (Å²) in [6.45, 7) is 2.98. The maximum Gasteiger partial charge on any atom is 0.257 e. The molecule has 0 radical (unpaired) electrons. The van der Waals surface area contributed by atoms with Crippen LogP contribution in [0, 0.1) is 5.92 Å². The Morgan fingerprint density at radius 3 is 2.15 bits per heavy atom. The van der Waals surface area contributed by atoms with E-state index in [9.17, 15) is 9.59 Å². The molecule has 0 N–H and O–H groups in total. The van der Waals surface area contributed by atoms with E-state index in [-0.39, 0.29) is 17.7 Å². The molecule has 27 heavy (non-hydrogen) atoms. The molecule has 2 heterocycles. The third kappa shape index (κ3) is 4.54. The fourth-order valence-corrected chi connectivity index (χ4v) is 4.03. The van der Waals surface area contributed by atoms with Gasteiger partial charge in [-0.15, -0.1) is 0 Å². The van der Waals surface area contributed by atoms with Gasteiger partial charge in [-0.2, -0.15) is 0 Å². The number of nitrogens with zero attached hydrogens (tertiary/aromatic N) is 2. The largest absolute Gasteiger partial charge is 0.497 e. The average molecular weight is 374 g/mol. The van der Waals surface area contributed by atoms with Gasteiger partial charge in [0.25, 0.3) is 5.91 Å². The molecule has 148 valence electrons. The molecule has 0 saturated carbocycles. The topological polar surface area (TPSA) is 59.1 Å². The number of likely N-dealkylation sites (tertiary alicyclic amines) is 2. The van der Waals surface area contributed by atoms with Crippen LogP contribution in [0.1, 0.15) is 48.9 Å². The van der Waals surface area contributed by atoms with Gasteiger partial charge in [-0.05, 0) is 43.9 Å². The third-order valence-corrected chi connectivity index (χ3v) is 5.69. The fraction of sp³-hybridized carbons (Fsp3) is 0.619.